The van der Waals surface area contributed by atoms with Gasteiger partial charge >= 0.3 is 5.97 Å². The van der Waals surface area contributed by atoms with Crippen LogP contribution in [0.5, 0.6) is 0 Å². The summed E-state index contributed by atoms with van der Waals surface area (Å²) < 4.78 is 34.0. The van der Waals surface area contributed by atoms with Gasteiger partial charge in [0, 0.05) is 31.6 Å². The summed E-state index contributed by atoms with van der Waals surface area (Å²) in [5.41, 5.74) is 0.198. The normalized spacial score (nSPS) is 16.2. The molecule has 0 radical (unpaired) electrons. The zero-order valence-electron chi connectivity index (χ0n) is 12.2. The van der Waals surface area contributed by atoms with Crippen molar-refractivity contribution in [2.45, 2.75) is 4.21 Å². The van der Waals surface area contributed by atoms with Crippen molar-refractivity contribution in [2.24, 2.45) is 0 Å². The number of aromatic carboxylic acids is 1. The fourth-order valence-corrected chi connectivity index (χ4v) is 5.38. The summed E-state index contributed by atoms with van der Waals surface area (Å²) >= 11 is 1.81. The minimum absolute atomic E-state index is 0.0108. The Morgan fingerprint density at radius 3 is 2.46 bits per heavy atom. The van der Waals surface area contributed by atoms with Gasteiger partial charge < -0.3 is 10.0 Å². The lowest BCUT2D eigenvalue weighted by molar-refractivity contribution is 0.0686. The maximum atomic E-state index is 12.5. The molecule has 0 bridgehead atoms. The molecule has 9 nitrogen and oxygen atoms in total. The zero-order chi connectivity index (χ0) is 17.3. The SMILES string of the molecule is O=C(O)c1csc(S(=O)(=O)N2CCN(C(=O)c3cnsn3)CC2)c1. The smallest absolute Gasteiger partial charge is 0.336 e. The van der Waals surface area contributed by atoms with Gasteiger partial charge in [-0.15, -0.1) is 11.3 Å². The van der Waals surface area contributed by atoms with E-state index in [-0.39, 0.29) is 47.6 Å². The van der Waals surface area contributed by atoms with Gasteiger partial charge in [-0.1, -0.05) is 0 Å². The van der Waals surface area contributed by atoms with Crippen molar-refractivity contribution < 1.29 is 23.1 Å². The highest BCUT2D eigenvalue weighted by Gasteiger charge is 2.32. The van der Waals surface area contributed by atoms with Crippen LogP contribution in [-0.2, 0) is 10.0 Å². The van der Waals surface area contributed by atoms with E-state index in [1.807, 2.05) is 0 Å². The van der Waals surface area contributed by atoms with Crippen LogP contribution in [0.4, 0.5) is 0 Å². The molecule has 0 spiro atoms. The van der Waals surface area contributed by atoms with Gasteiger partial charge in [0.25, 0.3) is 15.9 Å². The average Bonchev–Trinajstić information content (AvgIpc) is 3.26. The molecule has 1 aliphatic heterocycles. The molecule has 0 unspecified atom stereocenters. The highest BCUT2D eigenvalue weighted by Crippen LogP contribution is 2.25. The van der Waals surface area contributed by atoms with Crippen molar-refractivity contribution in [2.75, 3.05) is 26.2 Å². The van der Waals surface area contributed by atoms with Crippen molar-refractivity contribution in [3.05, 3.63) is 28.9 Å². The number of carbonyl (C=O) groups excluding carboxylic acids is 1. The number of carboxylic acid groups (broad SMARTS) is 1. The van der Waals surface area contributed by atoms with E-state index in [1.54, 1.807) is 0 Å². The third-order valence-electron chi connectivity index (χ3n) is 3.52. The van der Waals surface area contributed by atoms with Crippen molar-refractivity contribution >= 4 is 45.0 Å². The Morgan fingerprint density at radius 1 is 1.21 bits per heavy atom. The molecule has 128 valence electrons. The Kier molecular flexibility index (Phi) is 4.62. The number of amides is 1. The van der Waals surface area contributed by atoms with E-state index in [0.29, 0.717) is 0 Å². The highest BCUT2D eigenvalue weighted by atomic mass is 32.2. The first-order valence-electron chi connectivity index (χ1n) is 6.78. The van der Waals surface area contributed by atoms with Crippen LogP contribution in [-0.4, -0.2) is 69.5 Å². The fraction of sp³-hybridized carbons (Fsp3) is 0.333. The maximum Gasteiger partial charge on any atom is 0.336 e. The molecule has 0 aliphatic carbocycles. The molecule has 1 aliphatic rings. The quantitative estimate of drug-likeness (QED) is 0.807. The van der Waals surface area contributed by atoms with Crippen LogP contribution in [0.3, 0.4) is 0 Å². The van der Waals surface area contributed by atoms with Crippen LogP contribution in [0, 0.1) is 0 Å². The molecule has 0 saturated carbocycles. The van der Waals surface area contributed by atoms with E-state index in [4.69, 9.17) is 5.11 Å². The van der Waals surface area contributed by atoms with Crippen LogP contribution in [0.1, 0.15) is 20.8 Å². The largest absolute Gasteiger partial charge is 0.478 e. The first-order chi connectivity index (χ1) is 11.4. The molecule has 1 saturated heterocycles. The van der Waals surface area contributed by atoms with E-state index in [0.717, 1.165) is 29.1 Å². The Hall–Kier alpha value is -1.89. The first kappa shape index (κ1) is 17.0. The predicted molar refractivity (Wildman–Crippen MR) is 85.8 cm³/mol. The Balaban J connectivity index is 1.69. The minimum atomic E-state index is -3.75. The third kappa shape index (κ3) is 3.17. The molecule has 24 heavy (non-hydrogen) atoms. The average molecular weight is 388 g/mol. The molecule has 0 aromatic carbocycles. The van der Waals surface area contributed by atoms with Crippen LogP contribution in [0.25, 0.3) is 0 Å². The summed E-state index contributed by atoms with van der Waals surface area (Å²) in [6, 6.07) is 1.15. The van der Waals surface area contributed by atoms with E-state index < -0.39 is 16.0 Å². The summed E-state index contributed by atoms with van der Waals surface area (Å²) in [4.78, 5) is 24.6. The van der Waals surface area contributed by atoms with Gasteiger partial charge in [0.05, 0.1) is 23.5 Å². The van der Waals surface area contributed by atoms with Crippen molar-refractivity contribution in [1.82, 2.24) is 18.0 Å². The summed E-state index contributed by atoms with van der Waals surface area (Å²) in [6.45, 7) is 0.775. The second-order valence-corrected chi connectivity index (χ2v) is 8.58. The molecule has 1 fully saturated rings. The van der Waals surface area contributed by atoms with Crippen LogP contribution in [0.2, 0.25) is 0 Å². The Bertz CT molecular complexity index is 853. The molecule has 3 rings (SSSR count). The number of sulfonamides is 1. The number of nitrogens with zero attached hydrogens (tertiary/aromatic N) is 4. The standard InChI is InChI=1S/C12H12N4O5S3/c17-11(9-6-13-23-14-9)15-1-3-16(4-2-15)24(20,21)10-5-8(7-22-10)12(18)19/h5-7H,1-4H2,(H,18,19). The number of carbonyl (C=O) groups is 2. The number of carboxylic acids is 1. The number of hydrogen-bond donors (Lipinski definition) is 1. The number of thiophene rings is 1. The lowest BCUT2D eigenvalue weighted by Crippen LogP contribution is -2.50. The molecule has 12 heteroatoms. The number of rotatable bonds is 4. The second-order valence-electron chi connectivity index (χ2n) is 4.95. The monoisotopic (exact) mass is 388 g/mol. The highest BCUT2D eigenvalue weighted by molar-refractivity contribution is 7.91. The molecular weight excluding hydrogens is 376 g/mol. The van der Waals surface area contributed by atoms with Gasteiger partial charge in [-0.2, -0.15) is 13.1 Å². The van der Waals surface area contributed by atoms with E-state index in [2.05, 4.69) is 8.75 Å². The van der Waals surface area contributed by atoms with Gasteiger partial charge in [0.2, 0.25) is 0 Å². The van der Waals surface area contributed by atoms with Crippen LogP contribution in [0.15, 0.2) is 21.9 Å². The molecule has 1 amide bonds. The molecule has 2 aromatic heterocycles. The van der Waals surface area contributed by atoms with E-state index in [9.17, 15) is 18.0 Å². The van der Waals surface area contributed by atoms with Crippen LogP contribution < -0.4 is 0 Å². The lowest BCUT2D eigenvalue weighted by Gasteiger charge is -2.33. The Labute approximate surface area is 145 Å². The van der Waals surface area contributed by atoms with Crippen LogP contribution >= 0.6 is 23.1 Å². The summed E-state index contributed by atoms with van der Waals surface area (Å²) in [5, 5.41) is 10.2. The topological polar surface area (TPSA) is 121 Å². The number of piperazine rings is 1. The zero-order valence-corrected chi connectivity index (χ0v) is 14.6. The fourth-order valence-electron chi connectivity index (χ4n) is 2.24. The molecular formula is C12H12N4O5S3. The van der Waals surface area contributed by atoms with Crippen molar-refractivity contribution in [3.63, 3.8) is 0 Å². The summed E-state index contributed by atoms with van der Waals surface area (Å²) in [7, 11) is -3.75. The third-order valence-corrected chi connectivity index (χ3v) is 7.31. The van der Waals surface area contributed by atoms with Gasteiger partial charge in [0.15, 0.2) is 5.69 Å². The van der Waals surface area contributed by atoms with E-state index in [1.165, 1.54) is 20.8 Å². The summed E-state index contributed by atoms with van der Waals surface area (Å²) in [5.74, 6) is -1.44. The Morgan fingerprint density at radius 2 is 1.92 bits per heavy atom. The van der Waals surface area contributed by atoms with Gasteiger partial charge in [-0.25, -0.2) is 13.2 Å². The molecule has 0 atom stereocenters. The van der Waals surface area contributed by atoms with Gasteiger partial charge in [-0.3, -0.25) is 4.79 Å². The maximum absolute atomic E-state index is 12.5. The van der Waals surface area contributed by atoms with E-state index >= 15 is 0 Å². The number of hydrogen-bond acceptors (Lipinski definition) is 8. The van der Waals surface area contributed by atoms with Crippen molar-refractivity contribution in [1.29, 1.82) is 0 Å². The number of aromatic nitrogens is 2. The van der Waals surface area contributed by atoms with Gasteiger partial charge in [-0.05, 0) is 6.07 Å². The second kappa shape index (κ2) is 6.55. The molecule has 3 heterocycles. The first-order valence-corrected chi connectivity index (χ1v) is 9.83. The minimum Gasteiger partial charge on any atom is -0.478 e. The molecule has 2 aromatic rings. The summed E-state index contributed by atoms with van der Waals surface area (Å²) in [6.07, 6.45) is 1.38. The molecule has 1 N–H and O–H groups in total. The van der Waals surface area contributed by atoms with Gasteiger partial charge in [0.1, 0.15) is 4.21 Å². The van der Waals surface area contributed by atoms with Crippen molar-refractivity contribution in [3.8, 4) is 0 Å². The predicted octanol–water partition coefficient (Wildman–Crippen LogP) is 0.445. The lowest BCUT2D eigenvalue weighted by atomic mass is 10.3.